The summed E-state index contributed by atoms with van der Waals surface area (Å²) < 4.78 is 27.5. The number of tetrazole rings is 1. The number of carboxylic acid groups (broad SMARTS) is 1. The molecule has 0 unspecified atom stereocenters. The molecule has 1 N–H and O–H groups in total. The number of carbonyl (C=O) groups is 1. The number of rotatable bonds is 4. The van der Waals surface area contributed by atoms with Crippen LogP contribution in [0.3, 0.4) is 0 Å². The van der Waals surface area contributed by atoms with Gasteiger partial charge in [-0.1, -0.05) is 11.8 Å². The molecule has 0 aliphatic heterocycles. The molecule has 2 aromatic rings. The molecule has 0 fully saturated rings. The van der Waals surface area contributed by atoms with Crippen molar-refractivity contribution in [3.05, 3.63) is 29.8 Å². The predicted octanol–water partition coefficient (Wildman–Crippen LogP) is 1.12. The lowest BCUT2D eigenvalue weighted by atomic mass is 10.3. The molecule has 2 rings (SSSR count). The molecule has 0 atom stereocenters. The Morgan fingerprint density at radius 2 is 2.22 bits per heavy atom. The highest BCUT2D eigenvalue weighted by molar-refractivity contribution is 7.99. The summed E-state index contributed by atoms with van der Waals surface area (Å²) in [5.41, 5.74) is -0.173. The quantitative estimate of drug-likeness (QED) is 0.840. The smallest absolute Gasteiger partial charge is 0.313 e. The highest BCUT2D eigenvalue weighted by Crippen LogP contribution is 2.20. The van der Waals surface area contributed by atoms with Gasteiger partial charge in [0.25, 0.3) is 0 Å². The standard InChI is InChI=1S/C9H6F2N4O2S/c10-5-1-2-6(11)7(3-5)15-9(12-13-14-15)18-4-8(16)17/h1-3H,4H2,(H,16,17). The van der Waals surface area contributed by atoms with Crippen LogP contribution in [0, 0.1) is 11.6 Å². The summed E-state index contributed by atoms with van der Waals surface area (Å²) in [6.45, 7) is 0. The second-order valence-corrected chi connectivity index (χ2v) is 4.09. The molecule has 0 aliphatic carbocycles. The van der Waals surface area contributed by atoms with E-state index >= 15 is 0 Å². The van der Waals surface area contributed by atoms with E-state index in [1.165, 1.54) is 0 Å². The highest BCUT2D eigenvalue weighted by atomic mass is 32.2. The number of aliphatic carboxylic acids is 1. The lowest BCUT2D eigenvalue weighted by Crippen LogP contribution is -2.05. The Hall–Kier alpha value is -2.03. The van der Waals surface area contributed by atoms with Gasteiger partial charge in [0.1, 0.15) is 17.3 Å². The first kappa shape index (κ1) is 12.4. The summed E-state index contributed by atoms with van der Waals surface area (Å²) in [6, 6.07) is 2.84. The fourth-order valence-electron chi connectivity index (χ4n) is 1.19. The van der Waals surface area contributed by atoms with Gasteiger partial charge < -0.3 is 5.11 Å². The maximum atomic E-state index is 13.5. The summed E-state index contributed by atoms with van der Waals surface area (Å²) in [4.78, 5) is 10.4. The summed E-state index contributed by atoms with van der Waals surface area (Å²) in [7, 11) is 0. The van der Waals surface area contributed by atoms with E-state index < -0.39 is 17.6 Å². The Kier molecular flexibility index (Phi) is 3.51. The maximum absolute atomic E-state index is 13.5. The van der Waals surface area contributed by atoms with Crippen LogP contribution in [0.25, 0.3) is 5.69 Å². The van der Waals surface area contributed by atoms with Crippen LogP contribution in [0.15, 0.2) is 23.4 Å². The molecular formula is C9H6F2N4O2S. The predicted molar refractivity (Wildman–Crippen MR) is 57.4 cm³/mol. The molecule has 1 heterocycles. The number of aromatic nitrogens is 4. The van der Waals surface area contributed by atoms with Gasteiger partial charge in [0.05, 0.1) is 5.75 Å². The van der Waals surface area contributed by atoms with Crippen LogP contribution in [0.4, 0.5) is 8.78 Å². The zero-order valence-electron chi connectivity index (χ0n) is 8.75. The molecule has 0 amide bonds. The first-order valence-corrected chi connectivity index (χ1v) is 5.65. The van der Waals surface area contributed by atoms with Crippen LogP contribution in [-0.4, -0.2) is 37.0 Å². The Morgan fingerprint density at radius 3 is 2.94 bits per heavy atom. The van der Waals surface area contributed by atoms with Gasteiger partial charge in [0.15, 0.2) is 0 Å². The van der Waals surface area contributed by atoms with Crippen molar-refractivity contribution in [2.75, 3.05) is 5.75 Å². The number of halogens is 2. The monoisotopic (exact) mass is 272 g/mol. The van der Waals surface area contributed by atoms with Crippen molar-refractivity contribution in [2.24, 2.45) is 0 Å². The van der Waals surface area contributed by atoms with E-state index in [1.54, 1.807) is 0 Å². The Balaban J connectivity index is 2.36. The molecule has 0 bridgehead atoms. The molecule has 6 nitrogen and oxygen atoms in total. The van der Waals surface area contributed by atoms with Crippen molar-refractivity contribution in [3.63, 3.8) is 0 Å². The van der Waals surface area contributed by atoms with Gasteiger partial charge in [-0.25, -0.2) is 8.78 Å². The topological polar surface area (TPSA) is 80.9 Å². The van der Waals surface area contributed by atoms with E-state index in [2.05, 4.69) is 15.5 Å². The van der Waals surface area contributed by atoms with Crippen LogP contribution >= 0.6 is 11.8 Å². The number of carboxylic acids is 1. The van der Waals surface area contributed by atoms with E-state index in [9.17, 15) is 13.6 Å². The van der Waals surface area contributed by atoms with Gasteiger partial charge in [-0.3, -0.25) is 4.79 Å². The molecule has 0 saturated carbocycles. The normalized spacial score (nSPS) is 10.6. The van der Waals surface area contributed by atoms with Crippen molar-refractivity contribution < 1.29 is 18.7 Å². The maximum Gasteiger partial charge on any atom is 0.313 e. The van der Waals surface area contributed by atoms with Gasteiger partial charge in [-0.2, -0.15) is 4.68 Å². The largest absolute Gasteiger partial charge is 0.481 e. The minimum Gasteiger partial charge on any atom is -0.481 e. The van der Waals surface area contributed by atoms with Crippen LogP contribution in [0.2, 0.25) is 0 Å². The molecule has 18 heavy (non-hydrogen) atoms. The minimum atomic E-state index is -1.06. The van der Waals surface area contributed by atoms with Crippen molar-refractivity contribution in [1.29, 1.82) is 0 Å². The summed E-state index contributed by atoms with van der Waals surface area (Å²) in [6.07, 6.45) is 0. The SMILES string of the molecule is O=C(O)CSc1nnnn1-c1cc(F)ccc1F. The number of hydrogen-bond acceptors (Lipinski definition) is 5. The molecule has 0 aliphatic rings. The first-order chi connectivity index (χ1) is 8.58. The molecule has 0 saturated heterocycles. The average Bonchev–Trinajstić information content (AvgIpc) is 2.77. The second kappa shape index (κ2) is 5.08. The van der Waals surface area contributed by atoms with E-state index in [4.69, 9.17) is 5.11 Å². The van der Waals surface area contributed by atoms with E-state index in [0.29, 0.717) is 0 Å². The first-order valence-electron chi connectivity index (χ1n) is 4.66. The van der Waals surface area contributed by atoms with Crippen molar-refractivity contribution >= 4 is 17.7 Å². The van der Waals surface area contributed by atoms with Gasteiger partial charge >= 0.3 is 5.97 Å². The van der Waals surface area contributed by atoms with E-state index in [1.807, 2.05) is 0 Å². The Morgan fingerprint density at radius 1 is 1.44 bits per heavy atom. The average molecular weight is 272 g/mol. The third-order valence-corrected chi connectivity index (χ3v) is 2.81. The fraction of sp³-hybridized carbons (Fsp3) is 0.111. The van der Waals surface area contributed by atoms with Crippen LogP contribution in [0.5, 0.6) is 0 Å². The van der Waals surface area contributed by atoms with Crippen molar-refractivity contribution in [1.82, 2.24) is 20.2 Å². The third kappa shape index (κ3) is 2.62. The van der Waals surface area contributed by atoms with E-state index in [0.717, 1.165) is 34.6 Å². The van der Waals surface area contributed by atoms with Crippen LogP contribution < -0.4 is 0 Å². The van der Waals surface area contributed by atoms with Gasteiger partial charge in [0, 0.05) is 6.07 Å². The molecule has 1 aromatic carbocycles. The summed E-state index contributed by atoms with van der Waals surface area (Å²) in [5.74, 6) is -2.69. The molecular weight excluding hydrogens is 266 g/mol. The minimum absolute atomic E-state index is 0.0712. The van der Waals surface area contributed by atoms with Crippen LogP contribution in [-0.2, 0) is 4.79 Å². The third-order valence-electron chi connectivity index (χ3n) is 1.90. The lowest BCUT2D eigenvalue weighted by Gasteiger charge is -2.04. The number of benzene rings is 1. The van der Waals surface area contributed by atoms with Crippen molar-refractivity contribution in [2.45, 2.75) is 5.16 Å². The molecule has 1 aromatic heterocycles. The van der Waals surface area contributed by atoms with Gasteiger partial charge in [-0.05, 0) is 22.6 Å². The highest BCUT2D eigenvalue weighted by Gasteiger charge is 2.14. The Bertz CT molecular complexity index is 590. The molecule has 0 spiro atoms. The summed E-state index contributed by atoms with van der Waals surface area (Å²) >= 11 is 0.809. The Labute approximate surface area is 104 Å². The molecule has 0 radical (unpaired) electrons. The number of thioether (sulfide) groups is 1. The van der Waals surface area contributed by atoms with Gasteiger partial charge in [-0.15, -0.1) is 5.10 Å². The molecule has 9 heteroatoms. The van der Waals surface area contributed by atoms with Crippen LogP contribution in [0.1, 0.15) is 0 Å². The zero-order valence-corrected chi connectivity index (χ0v) is 9.56. The lowest BCUT2D eigenvalue weighted by molar-refractivity contribution is -0.133. The number of hydrogen-bond donors (Lipinski definition) is 1. The second-order valence-electron chi connectivity index (χ2n) is 3.15. The fourth-order valence-corrected chi connectivity index (χ4v) is 1.80. The summed E-state index contributed by atoms with van der Waals surface area (Å²) in [5, 5.41) is 19.0. The zero-order chi connectivity index (χ0) is 13.1. The van der Waals surface area contributed by atoms with E-state index in [-0.39, 0.29) is 16.6 Å². The molecule has 94 valence electrons. The number of nitrogens with zero attached hydrogens (tertiary/aromatic N) is 4. The van der Waals surface area contributed by atoms with Crippen molar-refractivity contribution in [3.8, 4) is 5.69 Å². The van der Waals surface area contributed by atoms with Gasteiger partial charge in [0.2, 0.25) is 5.16 Å².